The monoisotopic (exact) mass is 231 g/mol. The molecule has 0 unspecified atom stereocenters. The molecule has 1 aromatic rings. The van der Waals surface area contributed by atoms with Crippen LogP contribution >= 0.6 is 11.6 Å². The molecule has 0 saturated heterocycles. The smallest absolute Gasteiger partial charge is 0.157 e. The van der Waals surface area contributed by atoms with Gasteiger partial charge in [0.1, 0.15) is 5.15 Å². The van der Waals surface area contributed by atoms with E-state index in [1.807, 2.05) is 0 Å². The molecule has 0 amide bonds. The number of hydrogen-bond donors (Lipinski definition) is 0. The number of rotatable bonds is 2. The van der Waals surface area contributed by atoms with Crippen molar-refractivity contribution in [1.82, 2.24) is 4.98 Å². The van der Waals surface area contributed by atoms with Crippen LogP contribution in [0.3, 0.4) is 0 Å². The fourth-order valence-electron chi connectivity index (χ4n) is 1.63. The quantitative estimate of drug-likeness (QED) is 0.729. The summed E-state index contributed by atoms with van der Waals surface area (Å²) in [7, 11) is -3.04. The Morgan fingerprint density at radius 1 is 1.43 bits per heavy atom. The van der Waals surface area contributed by atoms with Crippen LogP contribution in [-0.2, 0) is 14.6 Å². The normalized spacial score (nSPS) is 19.3. The summed E-state index contributed by atoms with van der Waals surface area (Å²) in [5.41, 5.74) is 0.754. The molecule has 2 rings (SSSR count). The molecule has 0 aliphatic heterocycles. The second-order valence-electron chi connectivity index (χ2n) is 3.64. The van der Waals surface area contributed by atoms with Crippen LogP contribution in [0.5, 0.6) is 0 Å². The minimum absolute atomic E-state index is 0.387. The number of halogens is 1. The third kappa shape index (κ3) is 1.42. The van der Waals surface area contributed by atoms with Gasteiger partial charge in [-0.2, -0.15) is 0 Å². The summed E-state index contributed by atoms with van der Waals surface area (Å²) in [6, 6.07) is 3.37. The third-order valence-electron chi connectivity index (χ3n) is 2.67. The second-order valence-corrected chi connectivity index (χ2v) is 6.35. The van der Waals surface area contributed by atoms with Crippen LogP contribution in [0.4, 0.5) is 0 Å². The van der Waals surface area contributed by atoms with Crippen molar-refractivity contribution in [2.75, 3.05) is 6.26 Å². The maximum atomic E-state index is 11.5. The van der Waals surface area contributed by atoms with Crippen molar-refractivity contribution in [2.24, 2.45) is 0 Å². The molecule has 0 atom stereocenters. The Hall–Kier alpha value is -0.610. The van der Waals surface area contributed by atoms with Gasteiger partial charge < -0.3 is 0 Å². The molecule has 0 N–H and O–H groups in total. The van der Waals surface area contributed by atoms with Crippen LogP contribution < -0.4 is 0 Å². The van der Waals surface area contributed by atoms with Crippen molar-refractivity contribution >= 4 is 21.4 Å². The average Bonchev–Trinajstić information content (AvgIpc) is 2.84. The molecular weight excluding hydrogens is 222 g/mol. The minimum atomic E-state index is -3.04. The van der Waals surface area contributed by atoms with E-state index < -0.39 is 14.6 Å². The molecule has 5 heteroatoms. The lowest BCUT2D eigenvalue weighted by molar-refractivity contribution is 0.586. The molecule has 76 valence electrons. The van der Waals surface area contributed by atoms with E-state index in [-0.39, 0.29) is 0 Å². The maximum absolute atomic E-state index is 11.5. The zero-order valence-corrected chi connectivity index (χ0v) is 9.27. The summed E-state index contributed by atoms with van der Waals surface area (Å²) in [6.45, 7) is 0. The van der Waals surface area contributed by atoms with Crippen LogP contribution in [0.15, 0.2) is 18.3 Å². The Morgan fingerprint density at radius 3 is 2.43 bits per heavy atom. The molecule has 1 aliphatic carbocycles. The van der Waals surface area contributed by atoms with Crippen LogP contribution in [0.2, 0.25) is 5.15 Å². The van der Waals surface area contributed by atoms with Crippen molar-refractivity contribution in [3.8, 4) is 0 Å². The molecule has 0 aromatic carbocycles. The van der Waals surface area contributed by atoms with Crippen LogP contribution in [-0.4, -0.2) is 19.7 Å². The summed E-state index contributed by atoms with van der Waals surface area (Å²) in [5, 5.41) is 0.387. The Morgan fingerprint density at radius 2 is 2.07 bits per heavy atom. The highest BCUT2D eigenvalue weighted by Gasteiger charge is 2.53. The fraction of sp³-hybridized carbons (Fsp3) is 0.444. The molecule has 1 saturated carbocycles. The van der Waals surface area contributed by atoms with Gasteiger partial charge in [-0.15, -0.1) is 0 Å². The summed E-state index contributed by atoms with van der Waals surface area (Å²) < 4.78 is 22.4. The minimum Gasteiger partial charge on any atom is -0.244 e. The summed E-state index contributed by atoms with van der Waals surface area (Å²) in [5.74, 6) is 0. The topological polar surface area (TPSA) is 47.0 Å². The van der Waals surface area contributed by atoms with Gasteiger partial charge in [-0.3, -0.25) is 0 Å². The van der Waals surface area contributed by atoms with Gasteiger partial charge in [0.25, 0.3) is 0 Å². The summed E-state index contributed by atoms with van der Waals surface area (Å²) >= 11 is 5.64. The molecule has 3 nitrogen and oxygen atoms in total. The van der Waals surface area contributed by atoms with E-state index in [1.54, 1.807) is 18.3 Å². The van der Waals surface area contributed by atoms with Gasteiger partial charge in [-0.25, -0.2) is 13.4 Å². The van der Waals surface area contributed by atoms with E-state index in [1.165, 1.54) is 6.26 Å². The van der Waals surface area contributed by atoms with E-state index in [9.17, 15) is 8.42 Å². The Kier molecular flexibility index (Phi) is 2.08. The lowest BCUT2D eigenvalue weighted by Crippen LogP contribution is -2.19. The van der Waals surface area contributed by atoms with E-state index in [2.05, 4.69) is 4.98 Å². The molecule has 0 radical (unpaired) electrons. The highest BCUT2D eigenvalue weighted by molar-refractivity contribution is 7.92. The molecule has 0 bridgehead atoms. The largest absolute Gasteiger partial charge is 0.244 e. The zero-order chi connectivity index (χ0) is 10.4. The molecule has 1 aromatic heterocycles. The van der Waals surface area contributed by atoms with E-state index >= 15 is 0 Å². The van der Waals surface area contributed by atoms with Crippen molar-refractivity contribution < 1.29 is 8.42 Å². The van der Waals surface area contributed by atoms with Gasteiger partial charge in [0.05, 0.1) is 4.75 Å². The second kappa shape index (κ2) is 2.94. The van der Waals surface area contributed by atoms with Crippen LogP contribution in [0.1, 0.15) is 18.4 Å². The number of nitrogens with zero attached hydrogens (tertiary/aromatic N) is 1. The molecule has 14 heavy (non-hydrogen) atoms. The molecule has 0 spiro atoms. The first-order valence-corrected chi connectivity index (χ1v) is 6.54. The lowest BCUT2D eigenvalue weighted by atomic mass is 10.2. The van der Waals surface area contributed by atoms with Crippen molar-refractivity contribution in [1.29, 1.82) is 0 Å². The van der Waals surface area contributed by atoms with E-state index in [0.29, 0.717) is 18.0 Å². The molecule has 1 heterocycles. The molecule has 1 fully saturated rings. The lowest BCUT2D eigenvalue weighted by Gasteiger charge is -2.12. The first-order valence-electron chi connectivity index (χ1n) is 4.27. The SMILES string of the molecule is CS(=O)(=O)C1(c2ccc(Cl)nc2)CC1. The number of sulfone groups is 1. The molecule has 1 aliphatic rings. The number of aromatic nitrogens is 1. The highest BCUT2D eigenvalue weighted by Crippen LogP contribution is 2.52. The van der Waals surface area contributed by atoms with Crippen molar-refractivity contribution in [2.45, 2.75) is 17.6 Å². The van der Waals surface area contributed by atoms with Gasteiger partial charge in [0.2, 0.25) is 0 Å². The maximum Gasteiger partial charge on any atom is 0.157 e. The van der Waals surface area contributed by atoms with Crippen LogP contribution in [0.25, 0.3) is 0 Å². The molecular formula is C9H10ClNO2S. The van der Waals surface area contributed by atoms with Crippen LogP contribution in [0, 0.1) is 0 Å². The Labute approximate surface area is 88.0 Å². The number of pyridine rings is 1. The standard InChI is InChI=1S/C9H10ClNO2S/c1-14(12,13)9(4-5-9)7-2-3-8(10)11-6-7/h2-3,6H,4-5H2,1H3. The Balaban J connectivity index is 2.46. The third-order valence-corrected chi connectivity index (χ3v) is 4.95. The fourth-order valence-corrected chi connectivity index (χ4v) is 3.14. The zero-order valence-electron chi connectivity index (χ0n) is 7.70. The van der Waals surface area contributed by atoms with Gasteiger partial charge in [-0.05, 0) is 24.5 Å². The predicted molar refractivity (Wildman–Crippen MR) is 55.0 cm³/mol. The summed E-state index contributed by atoms with van der Waals surface area (Å²) in [6.07, 6.45) is 4.20. The summed E-state index contributed by atoms with van der Waals surface area (Å²) in [4.78, 5) is 3.90. The van der Waals surface area contributed by atoms with Crippen molar-refractivity contribution in [3.05, 3.63) is 29.0 Å². The van der Waals surface area contributed by atoms with Gasteiger partial charge in [0, 0.05) is 12.5 Å². The van der Waals surface area contributed by atoms with Gasteiger partial charge in [-0.1, -0.05) is 17.7 Å². The Bertz CT molecular complexity index is 448. The van der Waals surface area contributed by atoms with Gasteiger partial charge >= 0.3 is 0 Å². The predicted octanol–water partition coefficient (Wildman–Crippen LogP) is 1.77. The van der Waals surface area contributed by atoms with Gasteiger partial charge in [0.15, 0.2) is 9.84 Å². The van der Waals surface area contributed by atoms with E-state index in [4.69, 9.17) is 11.6 Å². The number of hydrogen-bond acceptors (Lipinski definition) is 3. The van der Waals surface area contributed by atoms with E-state index in [0.717, 1.165) is 5.56 Å². The van der Waals surface area contributed by atoms with Crippen molar-refractivity contribution in [3.63, 3.8) is 0 Å². The first-order chi connectivity index (χ1) is 6.46. The first kappa shape index (κ1) is 9.93. The highest BCUT2D eigenvalue weighted by atomic mass is 35.5. The average molecular weight is 232 g/mol.